The molecular weight excluding hydrogens is 326 g/mol. The highest BCUT2D eigenvalue weighted by molar-refractivity contribution is 6.30. The standard InChI is InChI=1S/C18H24ClN3O2/c1-3-5-14(8-9-23)11-20-18(24)17-12-21-22(13(17)2)16-7-4-6-15(19)10-16/h4,6-7,10,12,14,23H,3,5,8-9,11H2,1-2H3,(H,20,24). The van der Waals surface area contributed by atoms with Gasteiger partial charge in [-0.3, -0.25) is 4.79 Å². The molecule has 6 heteroatoms. The van der Waals surface area contributed by atoms with Crippen LogP contribution in [0.15, 0.2) is 30.5 Å². The van der Waals surface area contributed by atoms with Crippen LogP contribution in [0.5, 0.6) is 0 Å². The van der Waals surface area contributed by atoms with Crippen molar-refractivity contribution < 1.29 is 9.90 Å². The van der Waals surface area contributed by atoms with Crippen LogP contribution < -0.4 is 5.32 Å². The van der Waals surface area contributed by atoms with E-state index in [2.05, 4.69) is 17.3 Å². The molecule has 0 aliphatic heterocycles. The number of nitrogens with one attached hydrogen (secondary N) is 1. The van der Waals surface area contributed by atoms with Gasteiger partial charge >= 0.3 is 0 Å². The van der Waals surface area contributed by atoms with Gasteiger partial charge in [0.25, 0.3) is 5.91 Å². The average molecular weight is 350 g/mol. The van der Waals surface area contributed by atoms with Crippen LogP contribution in [0.3, 0.4) is 0 Å². The van der Waals surface area contributed by atoms with Crippen molar-refractivity contribution >= 4 is 17.5 Å². The van der Waals surface area contributed by atoms with Crippen LogP contribution in [0.1, 0.15) is 42.2 Å². The number of aromatic nitrogens is 2. The summed E-state index contributed by atoms with van der Waals surface area (Å²) < 4.78 is 1.71. The minimum Gasteiger partial charge on any atom is -0.396 e. The number of hydrogen-bond donors (Lipinski definition) is 2. The van der Waals surface area contributed by atoms with Gasteiger partial charge in [0.15, 0.2) is 0 Å². The van der Waals surface area contributed by atoms with Gasteiger partial charge < -0.3 is 10.4 Å². The molecule has 0 saturated carbocycles. The molecule has 1 atom stereocenters. The first-order valence-electron chi connectivity index (χ1n) is 8.26. The molecule has 1 amide bonds. The van der Waals surface area contributed by atoms with Gasteiger partial charge in [0.05, 0.1) is 23.1 Å². The largest absolute Gasteiger partial charge is 0.396 e. The van der Waals surface area contributed by atoms with Crippen LogP contribution in [0.4, 0.5) is 0 Å². The Morgan fingerprint density at radius 1 is 1.42 bits per heavy atom. The molecule has 0 spiro atoms. The normalized spacial score (nSPS) is 12.2. The molecule has 1 unspecified atom stereocenters. The lowest BCUT2D eigenvalue weighted by molar-refractivity contribution is 0.0942. The Labute approximate surface area is 147 Å². The monoisotopic (exact) mass is 349 g/mol. The summed E-state index contributed by atoms with van der Waals surface area (Å²) in [6.07, 6.45) is 4.30. The van der Waals surface area contributed by atoms with Crippen molar-refractivity contribution in [1.29, 1.82) is 0 Å². The third-order valence-corrected chi connectivity index (χ3v) is 4.33. The highest BCUT2D eigenvalue weighted by Gasteiger charge is 2.16. The van der Waals surface area contributed by atoms with E-state index < -0.39 is 0 Å². The van der Waals surface area contributed by atoms with E-state index in [-0.39, 0.29) is 12.5 Å². The quantitative estimate of drug-likeness (QED) is 0.767. The molecule has 2 aromatic rings. The number of carbonyl (C=O) groups excluding carboxylic acids is 1. The summed E-state index contributed by atoms with van der Waals surface area (Å²) in [4.78, 5) is 12.4. The molecular formula is C18H24ClN3O2. The molecule has 24 heavy (non-hydrogen) atoms. The molecule has 5 nitrogen and oxygen atoms in total. The predicted molar refractivity (Wildman–Crippen MR) is 95.7 cm³/mol. The van der Waals surface area contributed by atoms with E-state index in [0.29, 0.717) is 29.5 Å². The zero-order valence-electron chi connectivity index (χ0n) is 14.1. The summed E-state index contributed by atoms with van der Waals surface area (Å²) in [5.74, 6) is 0.159. The second kappa shape index (κ2) is 8.85. The molecule has 0 saturated heterocycles. The lowest BCUT2D eigenvalue weighted by atomic mass is 10.00. The fourth-order valence-corrected chi connectivity index (χ4v) is 2.96. The SMILES string of the molecule is CCCC(CCO)CNC(=O)c1cnn(-c2cccc(Cl)c2)c1C. The maximum atomic E-state index is 12.4. The maximum absolute atomic E-state index is 12.4. The minimum atomic E-state index is -0.139. The van der Waals surface area contributed by atoms with E-state index in [1.165, 1.54) is 0 Å². The summed E-state index contributed by atoms with van der Waals surface area (Å²) >= 11 is 6.02. The van der Waals surface area contributed by atoms with Gasteiger partial charge in [-0.15, -0.1) is 0 Å². The molecule has 0 bridgehead atoms. The second-order valence-electron chi connectivity index (χ2n) is 5.91. The number of nitrogens with zero attached hydrogens (tertiary/aromatic N) is 2. The first-order valence-corrected chi connectivity index (χ1v) is 8.64. The van der Waals surface area contributed by atoms with Crippen LogP contribution in [-0.2, 0) is 0 Å². The predicted octanol–water partition coefficient (Wildman–Crippen LogP) is 3.36. The molecule has 2 rings (SSSR count). The van der Waals surface area contributed by atoms with Gasteiger partial charge in [-0.2, -0.15) is 5.10 Å². The highest BCUT2D eigenvalue weighted by Crippen LogP contribution is 2.18. The number of rotatable bonds is 8. The molecule has 2 N–H and O–H groups in total. The fourth-order valence-electron chi connectivity index (χ4n) is 2.77. The molecule has 1 aromatic heterocycles. The lowest BCUT2D eigenvalue weighted by Gasteiger charge is -2.15. The van der Waals surface area contributed by atoms with Crippen LogP contribution >= 0.6 is 11.6 Å². The minimum absolute atomic E-state index is 0.139. The Kier molecular flexibility index (Phi) is 6.82. The van der Waals surface area contributed by atoms with Crippen LogP contribution in [0, 0.1) is 12.8 Å². The topological polar surface area (TPSA) is 67.2 Å². The Balaban J connectivity index is 2.08. The number of carbonyl (C=O) groups is 1. The summed E-state index contributed by atoms with van der Waals surface area (Å²) in [6.45, 7) is 4.67. The number of halogens is 1. The molecule has 0 aliphatic carbocycles. The van der Waals surface area contributed by atoms with Crippen LogP contribution in [0.2, 0.25) is 5.02 Å². The van der Waals surface area contributed by atoms with E-state index in [4.69, 9.17) is 16.7 Å². The number of aliphatic hydroxyl groups is 1. The van der Waals surface area contributed by atoms with Crippen molar-refractivity contribution in [2.24, 2.45) is 5.92 Å². The first kappa shape index (κ1) is 18.5. The molecule has 0 aliphatic rings. The van der Waals surface area contributed by atoms with E-state index in [9.17, 15) is 4.79 Å². The zero-order valence-corrected chi connectivity index (χ0v) is 14.9. The maximum Gasteiger partial charge on any atom is 0.254 e. The summed E-state index contributed by atoms with van der Waals surface area (Å²) in [5.41, 5.74) is 2.14. The van der Waals surface area contributed by atoms with Crippen molar-refractivity contribution in [3.63, 3.8) is 0 Å². The third-order valence-electron chi connectivity index (χ3n) is 4.09. The van der Waals surface area contributed by atoms with Crippen molar-refractivity contribution in [1.82, 2.24) is 15.1 Å². The molecule has 0 radical (unpaired) electrons. The van der Waals surface area contributed by atoms with E-state index >= 15 is 0 Å². The fraction of sp³-hybridized carbons (Fsp3) is 0.444. The zero-order chi connectivity index (χ0) is 17.5. The first-order chi connectivity index (χ1) is 11.6. The Morgan fingerprint density at radius 2 is 2.21 bits per heavy atom. The van der Waals surface area contributed by atoms with Gasteiger partial charge in [0.1, 0.15) is 0 Å². The smallest absolute Gasteiger partial charge is 0.254 e. The van der Waals surface area contributed by atoms with Gasteiger partial charge in [-0.05, 0) is 43.9 Å². The highest BCUT2D eigenvalue weighted by atomic mass is 35.5. The van der Waals surface area contributed by atoms with Crippen LogP contribution in [0.25, 0.3) is 5.69 Å². The van der Waals surface area contributed by atoms with Gasteiger partial charge in [-0.25, -0.2) is 4.68 Å². The molecule has 1 heterocycles. The number of aliphatic hydroxyl groups excluding tert-OH is 1. The lowest BCUT2D eigenvalue weighted by Crippen LogP contribution is -2.30. The van der Waals surface area contributed by atoms with Gasteiger partial charge in [0.2, 0.25) is 0 Å². The van der Waals surface area contributed by atoms with Gasteiger partial charge in [-0.1, -0.05) is 31.0 Å². The summed E-state index contributed by atoms with van der Waals surface area (Å²) in [5, 5.41) is 17.0. The van der Waals surface area contributed by atoms with Crippen molar-refractivity contribution in [3.8, 4) is 5.69 Å². The Bertz CT molecular complexity index is 679. The summed E-state index contributed by atoms with van der Waals surface area (Å²) in [7, 11) is 0. The molecule has 1 aromatic carbocycles. The number of hydrogen-bond acceptors (Lipinski definition) is 3. The number of benzene rings is 1. The van der Waals surface area contributed by atoms with Gasteiger partial charge in [0, 0.05) is 18.2 Å². The van der Waals surface area contributed by atoms with Crippen LogP contribution in [-0.4, -0.2) is 33.9 Å². The molecule has 130 valence electrons. The van der Waals surface area contributed by atoms with Crippen molar-refractivity contribution in [3.05, 3.63) is 46.7 Å². The second-order valence-corrected chi connectivity index (χ2v) is 6.35. The van der Waals surface area contributed by atoms with E-state index in [0.717, 1.165) is 24.2 Å². The Morgan fingerprint density at radius 3 is 2.88 bits per heavy atom. The van der Waals surface area contributed by atoms with E-state index in [1.54, 1.807) is 16.9 Å². The third kappa shape index (κ3) is 4.58. The Hall–Kier alpha value is -1.85. The molecule has 0 fully saturated rings. The van der Waals surface area contributed by atoms with Crippen molar-refractivity contribution in [2.75, 3.05) is 13.2 Å². The average Bonchev–Trinajstić information content (AvgIpc) is 2.94. The number of amides is 1. The summed E-state index contributed by atoms with van der Waals surface area (Å²) in [6, 6.07) is 7.35. The van der Waals surface area contributed by atoms with Crippen molar-refractivity contribution in [2.45, 2.75) is 33.1 Å². The van der Waals surface area contributed by atoms with E-state index in [1.807, 2.05) is 25.1 Å².